The minimum atomic E-state index is -0.204. The number of hydrogen-bond donors (Lipinski definition) is 1. The first-order chi connectivity index (χ1) is 8.16. The number of rotatable bonds is 1. The van der Waals surface area contributed by atoms with E-state index in [9.17, 15) is 4.39 Å². The number of fused-ring (bicyclic) bond motifs is 1. The van der Waals surface area contributed by atoms with Crippen LogP contribution in [0.1, 0.15) is 25.1 Å². The third-order valence-corrected chi connectivity index (χ3v) is 3.73. The minimum Gasteiger partial charge on any atom is -0.331 e. The first kappa shape index (κ1) is 10.7. The number of aryl methyl sites for hydroxylation is 1. The molecule has 1 N–H and O–H groups in total. The second-order valence-corrected chi connectivity index (χ2v) is 4.80. The van der Waals surface area contributed by atoms with Gasteiger partial charge in [-0.2, -0.15) is 0 Å². The average Bonchev–Trinajstić information content (AvgIpc) is 2.84. The number of benzene rings is 1. The van der Waals surface area contributed by atoms with Gasteiger partial charge < -0.3 is 9.88 Å². The van der Waals surface area contributed by atoms with E-state index in [0.29, 0.717) is 12.0 Å². The van der Waals surface area contributed by atoms with Gasteiger partial charge in [-0.3, -0.25) is 0 Å². The Labute approximate surface area is 99.7 Å². The van der Waals surface area contributed by atoms with Crippen LogP contribution < -0.4 is 5.32 Å². The number of imidazole rings is 1. The van der Waals surface area contributed by atoms with E-state index in [1.54, 1.807) is 12.1 Å². The molecular weight excluding hydrogens is 217 g/mol. The van der Waals surface area contributed by atoms with Crippen molar-refractivity contribution in [1.82, 2.24) is 14.9 Å². The lowest BCUT2D eigenvalue weighted by Gasteiger charge is -2.14. The predicted molar refractivity (Wildman–Crippen MR) is 65.5 cm³/mol. The van der Waals surface area contributed by atoms with Gasteiger partial charge in [0.25, 0.3) is 0 Å². The lowest BCUT2D eigenvalue weighted by molar-refractivity contribution is 0.554. The molecule has 1 aliphatic rings. The Kier molecular flexibility index (Phi) is 2.40. The number of aromatic nitrogens is 2. The normalized spacial score (nSPS) is 24.6. The molecule has 2 atom stereocenters. The fourth-order valence-electron chi connectivity index (χ4n) is 2.72. The van der Waals surface area contributed by atoms with Crippen LogP contribution in [0.15, 0.2) is 18.2 Å². The van der Waals surface area contributed by atoms with E-state index in [4.69, 9.17) is 0 Å². The first-order valence-electron chi connectivity index (χ1n) is 6.02. The summed E-state index contributed by atoms with van der Waals surface area (Å²) < 4.78 is 15.2. The van der Waals surface area contributed by atoms with E-state index < -0.39 is 0 Å². The van der Waals surface area contributed by atoms with E-state index in [1.807, 2.05) is 11.6 Å². The van der Waals surface area contributed by atoms with Crippen LogP contribution in [0.5, 0.6) is 0 Å². The fraction of sp³-hybridized carbons (Fsp3) is 0.462. The molecule has 4 heteroatoms. The summed E-state index contributed by atoms with van der Waals surface area (Å²) in [5.41, 5.74) is 1.75. The summed E-state index contributed by atoms with van der Waals surface area (Å²) in [5.74, 6) is 1.28. The molecule has 1 aromatic carbocycles. The van der Waals surface area contributed by atoms with E-state index in [1.165, 1.54) is 6.07 Å². The molecule has 2 aromatic rings. The van der Waals surface area contributed by atoms with E-state index in [0.717, 1.165) is 29.8 Å². The van der Waals surface area contributed by atoms with Gasteiger partial charge in [0.05, 0.1) is 11.0 Å². The highest BCUT2D eigenvalue weighted by Gasteiger charge is 2.28. The molecule has 1 fully saturated rings. The van der Waals surface area contributed by atoms with Crippen molar-refractivity contribution in [3.63, 3.8) is 0 Å². The zero-order chi connectivity index (χ0) is 12.0. The number of halogens is 1. The highest BCUT2D eigenvalue weighted by molar-refractivity contribution is 5.76. The molecule has 0 bridgehead atoms. The van der Waals surface area contributed by atoms with Crippen LogP contribution in [0.3, 0.4) is 0 Å². The summed E-state index contributed by atoms with van der Waals surface area (Å²) in [6, 6.07) is 5.21. The van der Waals surface area contributed by atoms with Crippen molar-refractivity contribution in [3.05, 3.63) is 29.8 Å². The summed E-state index contributed by atoms with van der Waals surface area (Å²) in [6.45, 7) is 3.21. The summed E-state index contributed by atoms with van der Waals surface area (Å²) in [4.78, 5) is 4.64. The van der Waals surface area contributed by atoms with Crippen LogP contribution in [0, 0.1) is 5.82 Å². The van der Waals surface area contributed by atoms with Crippen LogP contribution in [0.4, 0.5) is 4.39 Å². The van der Waals surface area contributed by atoms with Gasteiger partial charge in [-0.25, -0.2) is 9.37 Å². The van der Waals surface area contributed by atoms with Gasteiger partial charge in [0.15, 0.2) is 0 Å². The molecule has 3 rings (SSSR count). The third-order valence-electron chi connectivity index (χ3n) is 3.73. The van der Waals surface area contributed by atoms with Crippen molar-refractivity contribution >= 4 is 11.0 Å². The quantitative estimate of drug-likeness (QED) is 0.818. The van der Waals surface area contributed by atoms with Gasteiger partial charge in [0, 0.05) is 19.0 Å². The number of nitrogens with zero attached hydrogens (tertiary/aromatic N) is 2. The molecule has 1 aliphatic heterocycles. The Morgan fingerprint density at radius 3 is 3.00 bits per heavy atom. The zero-order valence-corrected chi connectivity index (χ0v) is 10.1. The Hall–Kier alpha value is -1.42. The molecule has 2 heterocycles. The zero-order valence-electron chi connectivity index (χ0n) is 10.1. The van der Waals surface area contributed by atoms with Crippen LogP contribution in [0.2, 0.25) is 0 Å². The van der Waals surface area contributed by atoms with Gasteiger partial charge in [0.2, 0.25) is 0 Å². The summed E-state index contributed by atoms with van der Waals surface area (Å²) in [7, 11) is 1.97. The van der Waals surface area contributed by atoms with Crippen molar-refractivity contribution in [2.24, 2.45) is 7.05 Å². The maximum absolute atomic E-state index is 13.2. The predicted octanol–water partition coefficient (Wildman–Crippen LogP) is 2.18. The third kappa shape index (κ3) is 1.63. The van der Waals surface area contributed by atoms with Gasteiger partial charge >= 0.3 is 0 Å². The van der Waals surface area contributed by atoms with Crippen LogP contribution >= 0.6 is 0 Å². The second-order valence-electron chi connectivity index (χ2n) is 4.80. The molecule has 0 saturated carbocycles. The van der Waals surface area contributed by atoms with E-state index in [2.05, 4.69) is 17.2 Å². The molecular formula is C13H16FN3. The second kappa shape index (κ2) is 3.81. The molecule has 3 nitrogen and oxygen atoms in total. The summed E-state index contributed by atoms with van der Waals surface area (Å²) >= 11 is 0. The van der Waals surface area contributed by atoms with Gasteiger partial charge in [0.1, 0.15) is 11.6 Å². The van der Waals surface area contributed by atoms with Crippen LogP contribution in [-0.2, 0) is 7.05 Å². The highest BCUT2D eigenvalue weighted by atomic mass is 19.1. The van der Waals surface area contributed by atoms with E-state index >= 15 is 0 Å². The Morgan fingerprint density at radius 1 is 1.47 bits per heavy atom. The smallest absolute Gasteiger partial charge is 0.125 e. The molecule has 2 unspecified atom stereocenters. The van der Waals surface area contributed by atoms with Crippen molar-refractivity contribution in [2.75, 3.05) is 6.54 Å². The molecule has 0 radical (unpaired) electrons. The first-order valence-corrected chi connectivity index (χ1v) is 6.02. The molecule has 1 saturated heterocycles. The maximum atomic E-state index is 13.2. The topological polar surface area (TPSA) is 29.9 Å². The van der Waals surface area contributed by atoms with Crippen molar-refractivity contribution in [3.8, 4) is 0 Å². The number of nitrogens with one attached hydrogen (secondary N) is 1. The lowest BCUT2D eigenvalue weighted by atomic mass is 10.0. The Balaban J connectivity index is 2.14. The van der Waals surface area contributed by atoms with Crippen LogP contribution in [-0.4, -0.2) is 22.1 Å². The van der Waals surface area contributed by atoms with Crippen molar-refractivity contribution in [2.45, 2.75) is 25.3 Å². The molecule has 17 heavy (non-hydrogen) atoms. The van der Waals surface area contributed by atoms with Crippen molar-refractivity contribution in [1.29, 1.82) is 0 Å². The number of hydrogen-bond acceptors (Lipinski definition) is 2. The van der Waals surface area contributed by atoms with E-state index in [-0.39, 0.29) is 5.82 Å². The van der Waals surface area contributed by atoms with Crippen LogP contribution in [0.25, 0.3) is 11.0 Å². The van der Waals surface area contributed by atoms with Gasteiger partial charge in [-0.1, -0.05) is 0 Å². The largest absolute Gasteiger partial charge is 0.331 e. The maximum Gasteiger partial charge on any atom is 0.125 e. The molecule has 0 amide bonds. The summed E-state index contributed by atoms with van der Waals surface area (Å²) in [5, 5.41) is 3.42. The Bertz CT molecular complexity index is 561. The summed E-state index contributed by atoms with van der Waals surface area (Å²) in [6.07, 6.45) is 1.10. The minimum absolute atomic E-state index is 0.204. The highest BCUT2D eigenvalue weighted by Crippen LogP contribution is 2.29. The van der Waals surface area contributed by atoms with Crippen molar-refractivity contribution < 1.29 is 4.39 Å². The molecule has 90 valence electrons. The monoisotopic (exact) mass is 233 g/mol. The molecule has 0 spiro atoms. The average molecular weight is 233 g/mol. The lowest BCUT2D eigenvalue weighted by Crippen LogP contribution is -2.23. The molecule has 0 aliphatic carbocycles. The SMILES string of the molecule is CC1NCCC1c1nc2ccc(F)cc2n1C. The van der Waals surface area contributed by atoms with Gasteiger partial charge in [-0.15, -0.1) is 0 Å². The van der Waals surface area contributed by atoms with Gasteiger partial charge in [-0.05, 0) is 38.1 Å². The fourth-order valence-corrected chi connectivity index (χ4v) is 2.72. The molecule has 1 aromatic heterocycles. The standard InChI is InChI=1S/C13H16FN3/c1-8-10(5-6-15-8)13-16-11-4-3-9(14)7-12(11)17(13)2/h3-4,7-8,10,15H,5-6H2,1-2H3. The Morgan fingerprint density at radius 2 is 2.29 bits per heavy atom.